The lowest BCUT2D eigenvalue weighted by atomic mass is 9.80. The first-order chi connectivity index (χ1) is 8.93. The van der Waals surface area contributed by atoms with Gasteiger partial charge in [0.05, 0.1) is 5.60 Å². The maximum Gasteiger partial charge on any atom is 0.329 e. The molecule has 19 heavy (non-hydrogen) atoms. The van der Waals surface area contributed by atoms with Crippen LogP contribution in [0.5, 0.6) is 0 Å². The summed E-state index contributed by atoms with van der Waals surface area (Å²) >= 11 is 0. The van der Waals surface area contributed by atoms with Crippen LogP contribution in [0.4, 0.5) is 4.79 Å². The first-order valence-electron chi connectivity index (χ1n) is 6.78. The second-order valence-corrected chi connectivity index (χ2v) is 5.14. The molecule has 6 heteroatoms. The Morgan fingerprint density at radius 3 is 2.21 bits per heavy atom. The molecule has 0 unspecified atom stereocenters. The molecule has 1 saturated carbocycles. The molecule has 0 heterocycles. The minimum Gasteiger partial charge on any atom is -0.480 e. The van der Waals surface area contributed by atoms with Gasteiger partial charge in [-0.2, -0.15) is 0 Å². The molecule has 1 aliphatic rings. The van der Waals surface area contributed by atoms with Gasteiger partial charge in [0, 0.05) is 13.7 Å². The van der Waals surface area contributed by atoms with Crippen LogP contribution in [0.15, 0.2) is 0 Å². The zero-order valence-corrected chi connectivity index (χ0v) is 11.9. The number of carbonyl (C=O) groups excluding carboxylic acids is 1. The van der Waals surface area contributed by atoms with E-state index < -0.39 is 17.5 Å². The van der Waals surface area contributed by atoms with Gasteiger partial charge in [0.25, 0.3) is 0 Å². The van der Waals surface area contributed by atoms with Gasteiger partial charge < -0.3 is 20.5 Å². The Hall–Kier alpha value is -1.30. The van der Waals surface area contributed by atoms with E-state index in [4.69, 9.17) is 4.74 Å². The average molecular weight is 272 g/mol. The molecule has 0 saturated heterocycles. The van der Waals surface area contributed by atoms with Crippen molar-refractivity contribution < 1.29 is 19.4 Å². The number of carboxylic acids is 1. The molecule has 0 spiro atoms. The fourth-order valence-corrected chi connectivity index (χ4v) is 2.31. The summed E-state index contributed by atoms with van der Waals surface area (Å²) in [4.78, 5) is 23.1. The zero-order valence-electron chi connectivity index (χ0n) is 11.9. The van der Waals surface area contributed by atoms with Crippen molar-refractivity contribution in [2.45, 2.75) is 57.1 Å². The van der Waals surface area contributed by atoms with E-state index in [2.05, 4.69) is 10.6 Å². The van der Waals surface area contributed by atoms with Crippen molar-refractivity contribution in [3.8, 4) is 0 Å². The Morgan fingerprint density at radius 1 is 1.32 bits per heavy atom. The summed E-state index contributed by atoms with van der Waals surface area (Å²) in [6.45, 7) is 3.92. The molecule has 0 aliphatic heterocycles. The van der Waals surface area contributed by atoms with Crippen molar-refractivity contribution in [3.05, 3.63) is 0 Å². The first kappa shape index (κ1) is 15.8. The van der Waals surface area contributed by atoms with Crippen molar-refractivity contribution in [1.29, 1.82) is 0 Å². The Bertz CT molecular complexity index is 330. The molecular weight excluding hydrogens is 248 g/mol. The third kappa shape index (κ3) is 3.37. The van der Waals surface area contributed by atoms with Crippen LogP contribution in [-0.2, 0) is 9.53 Å². The van der Waals surface area contributed by atoms with Crippen LogP contribution in [-0.4, -0.2) is 41.9 Å². The topological polar surface area (TPSA) is 87.7 Å². The van der Waals surface area contributed by atoms with Gasteiger partial charge >= 0.3 is 12.0 Å². The summed E-state index contributed by atoms with van der Waals surface area (Å²) < 4.78 is 5.40. The van der Waals surface area contributed by atoms with Gasteiger partial charge in [-0.15, -0.1) is 0 Å². The van der Waals surface area contributed by atoms with Crippen LogP contribution >= 0.6 is 0 Å². The van der Waals surface area contributed by atoms with E-state index in [-0.39, 0.29) is 5.60 Å². The van der Waals surface area contributed by atoms with Gasteiger partial charge in [0.15, 0.2) is 0 Å². The van der Waals surface area contributed by atoms with E-state index in [0.29, 0.717) is 19.4 Å². The van der Waals surface area contributed by atoms with Gasteiger partial charge in [-0.05, 0) is 32.1 Å². The van der Waals surface area contributed by atoms with Crippen LogP contribution in [0.25, 0.3) is 0 Å². The number of nitrogens with one attached hydrogen (secondary N) is 2. The standard InChI is InChI=1S/C13H24N2O4/c1-4-13(5-2,10(16)17)15-11(18)14-9-12(19-3)7-6-8-12/h4-9H2,1-3H3,(H,16,17)(H2,14,15,18). The van der Waals surface area contributed by atoms with Gasteiger partial charge in [0.2, 0.25) is 0 Å². The van der Waals surface area contributed by atoms with E-state index in [0.717, 1.165) is 19.3 Å². The van der Waals surface area contributed by atoms with Crippen LogP contribution < -0.4 is 10.6 Å². The second kappa shape index (κ2) is 6.23. The molecule has 0 atom stereocenters. The lowest BCUT2D eigenvalue weighted by Gasteiger charge is -2.40. The van der Waals surface area contributed by atoms with E-state index in [1.165, 1.54) is 0 Å². The largest absolute Gasteiger partial charge is 0.480 e. The number of hydrogen-bond acceptors (Lipinski definition) is 3. The third-order valence-corrected chi connectivity index (χ3v) is 4.24. The quantitative estimate of drug-likeness (QED) is 0.655. The normalized spacial score (nSPS) is 17.4. The number of rotatable bonds is 7. The maximum absolute atomic E-state index is 11.8. The van der Waals surface area contributed by atoms with Crippen LogP contribution in [0, 0.1) is 0 Å². The van der Waals surface area contributed by atoms with Crippen molar-refractivity contribution in [2.75, 3.05) is 13.7 Å². The minimum absolute atomic E-state index is 0.262. The SMILES string of the molecule is CCC(CC)(NC(=O)NCC1(OC)CCC1)C(=O)O. The van der Waals surface area contributed by atoms with Crippen LogP contribution in [0.2, 0.25) is 0 Å². The van der Waals surface area contributed by atoms with Crippen molar-refractivity contribution in [2.24, 2.45) is 0 Å². The molecule has 3 N–H and O–H groups in total. The lowest BCUT2D eigenvalue weighted by Crippen LogP contribution is -2.59. The highest BCUT2D eigenvalue weighted by Crippen LogP contribution is 2.34. The maximum atomic E-state index is 11.8. The smallest absolute Gasteiger partial charge is 0.329 e. The average Bonchev–Trinajstić information content (AvgIpc) is 2.35. The molecule has 1 aliphatic carbocycles. The summed E-state index contributed by atoms with van der Waals surface area (Å²) in [5.74, 6) is -1.00. The molecule has 1 rings (SSSR count). The van der Waals surface area contributed by atoms with Gasteiger partial charge in [0.1, 0.15) is 5.54 Å². The number of carbonyl (C=O) groups is 2. The van der Waals surface area contributed by atoms with Crippen molar-refractivity contribution in [3.63, 3.8) is 0 Å². The van der Waals surface area contributed by atoms with Gasteiger partial charge in [-0.3, -0.25) is 0 Å². The fraction of sp³-hybridized carbons (Fsp3) is 0.846. The summed E-state index contributed by atoms with van der Waals surface area (Å²) in [6.07, 6.45) is 3.65. The minimum atomic E-state index is -1.19. The van der Waals surface area contributed by atoms with E-state index in [1.807, 2.05) is 0 Å². The van der Waals surface area contributed by atoms with Gasteiger partial charge in [-0.25, -0.2) is 9.59 Å². The predicted octanol–water partition coefficient (Wildman–Crippen LogP) is 1.50. The molecule has 2 amide bonds. The molecule has 0 aromatic rings. The molecule has 110 valence electrons. The number of ether oxygens (including phenoxy) is 1. The zero-order chi connectivity index (χ0) is 14.5. The number of aliphatic carboxylic acids is 1. The van der Waals surface area contributed by atoms with Crippen molar-refractivity contribution >= 4 is 12.0 Å². The number of amides is 2. The summed E-state index contributed by atoms with van der Waals surface area (Å²) in [7, 11) is 1.64. The Labute approximate surface area is 113 Å². The molecule has 0 aromatic heterocycles. The number of carboxylic acid groups (broad SMARTS) is 1. The summed E-state index contributed by atoms with van der Waals surface area (Å²) in [6, 6.07) is -0.450. The van der Waals surface area contributed by atoms with Crippen LogP contribution in [0.3, 0.4) is 0 Å². The Balaban J connectivity index is 2.51. The highest BCUT2D eigenvalue weighted by Gasteiger charge is 2.39. The van der Waals surface area contributed by atoms with E-state index >= 15 is 0 Å². The number of hydrogen-bond donors (Lipinski definition) is 3. The Kier molecular flexibility index (Phi) is 5.17. The van der Waals surface area contributed by atoms with E-state index in [1.54, 1.807) is 21.0 Å². The second-order valence-electron chi connectivity index (χ2n) is 5.14. The number of urea groups is 1. The molecule has 6 nitrogen and oxygen atoms in total. The molecule has 0 radical (unpaired) electrons. The molecule has 0 bridgehead atoms. The highest BCUT2D eigenvalue weighted by molar-refractivity contribution is 5.86. The third-order valence-electron chi connectivity index (χ3n) is 4.24. The molecule has 0 aromatic carbocycles. The van der Waals surface area contributed by atoms with Crippen LogP contribution in [0.1, 0.15) is 46.0 Å². The molecular formula is C13H24N2O4. The summed E-state index contributed by atoms with van der Waals surface area (Å²) in [5, 5.41) is 14.5. The fourth-order valence-electron chi connectivity index (χ4n) is 2.31. The monoisotopic (exact) mass is 272 g/mol. The predicted molar refractivity (Wildman–Crippen MR) is 71.1 cm³/mol. The van der Waals surface area contributed by atoms with Crippen molar-refractivity contribution in [1.82, 2.24) is 10.6 Å². The lowest BCUT2D eigenvalue weighted by molar-refractivity contribution is -0.144. The summed E-state index contributed by atoms with van der Waals surface area (Å²) in [5.41, 5.74) is -1.45. The number of methoxy groups -OCH3 is 1. The van der Waals surface area contributed by atoms with Gasteiger partial charge in [-0.1, -0.05) is 13.8 Å². The molecule has 1 fully saturated rings. The first-order valence-corrected chi connectivity index (χ1v) is 6.78. The Morgan fingerprint density at radius 2 is 1.89 bits per heavy atom. The van der Waals surface area contributed by atoms with E-state index in [9.17, 15) is 14.7 Å². The highest BCUT2D eigenvalue weighted by atomic mass is 16.5.